The van der Waals surface area contributed by atoms with E-state index >= 15 is 0 Å². The number of ether oxygens (including phenoxy) is 2. The quantitative estimate of drug-likeness (QED) is 0.390. The topological polar surface area (TPSA) is 67.5 Å². The first-order valence-electron chi connectivity index (χ1n) is 11.0. The molecule has 6 nitrogen and oxygen atoms in total. The molecule has 34 heavy (non-hydrogen) atoms. The van der Waals surface area contributed by atoms with Crippen LogP contribution in [-0.2, 0) is 19.5 Å². The van der Waals surface area contributed by atoms with Crippen LogP contribution in [0.4, 0.5) is 0 Å². The number of hydrogen-bond donors (Lipinski definition) is 1. The molecular weight excluding hydrogens is 470 g/mol. The SMILES string of the molecule is COc1ccc(-c2ccc(CN3CCc4nc(-c5ccc(Cl)cc5)[nH]c(=O)c4C3)s2)cc1OC. The number of fused-ring (bicyclic) bond motifs is 1. The summed E-state index contributed by atoms with van der Waals surface area (Å²) >= 11 is 7.73. The minimum Gasteiger partial charge on any atom is -0.493 e. The van der Waals surface area contributed by atoms with E-state index in [4.69, 9.17) is 26.1 Å². The molecule has 5 rings (SSSR count). The van der Waals surface area contributed by atoms with Gasteiger partial charge in [-0.05, 0) is 60.2 Å². The zero-order valence-electron chi connectivity index (χ0n) is 18.9. The molecule has 2 aromatic heterocycles. The monoisotopic (exact) mass is 493 g/mol. The minimum atomic E-state index is -0.0724. The van der Waals surface area contributed by atoms with Crippen molar-refractivity contribution in [3.8, 4) is 33.3 Å². The lowest BCUT2D eigenvalue weighted by Crippen LogP contribution is -2.35. The van der Waals surface area contributed by atoms with E-state index in [9.17, 15) is 4.79 Å². The van der Waals surface area contributed by atoms with Crippen LogP contribution in [0.5, 0.6) is 11.5 Å². The van der Waals surface area contributed by atoms with E-state index < -0.39 is 0 Å². The van der Waals surface area contributed by atoms with Gasteiger partial charge in [0.05, 0.1) is 25.5 Å². The van der Waals surface area contributed by atoms with Gasteiger partial charge < -0.3 is 14.5 Å². The van der Waals surface area contributed by atoms with Crippen LogP contribution >= 0.6 is 22.9 Å². The van der Waals surface area contributed by atoms with Gasteiger partial charge in [0.15, 0.2) is 11.5 Å². The molecule has 0 saturated heterocycles. The van der Waals surface area contributed by atoms with Crippen LogP contribution in [0.15, 0.2) is 59.4 Å². The summed E-state index contributed by atoms with van der Waals surface area (Å²) in [5.74, 6) is 2.02. The number of hydrogen-bond acceptors (Lipinski definition) is 6. The first-order chi connectivity index (χ1) is 16.5. The molecule has 0 fully saturated rings. The highest BCUT2D eigenvalue weighted by Gasteiger charge is 2.22. The van der Waals surface area contributed by atoms with Gasteiger partial charge in [-0.25, -0.2) is 4.98 Å². The summed E-state index contributed by atoms with van der Waals surface area (Å²) in [6, 6.07) is 17.6. The fourth-order valence-electron chi connectivity index (χ4n) is 4.19. The number of H-pyrrole nitrogens is 1. The summed E-state index contributed by atoms with van der Waals surface area (Å²) in [6.45, 7) is 2.23. The van der Waals surface area contributed by atoms with Gasteiger partial charge >= 0.3 is 0 Å². The second kappa shape index (κ2) is 9.62. The summed E-state index contributed by atoms with van der Waals surface area (Å²) in [6.07, 6.45) is 0.744. The van der Waals surface area contributed by atoms with E-state index in [0.29, 0.717) is 28.9 Å². The highest BCUT2D eigenvalue weighted by molar-refractivity contribution is 7.15. The normalized spacial score (nSPS) is 13.5. The Morgan fingerprint density at radius 2 is 1.79 bits per heavy atom. The zero-order valence-corrected chi connectivity index (χ0v) is 20.5. The van der Waals surface area contributed by atoms with Gasteiger partial charge in [-0.15, -0.1) is 11.3 Å². The van der Waals surface area contributed by atoms with Gasteiger partial charge in [-0.3, -0.25) is 9.69 Å². The number of benzene rings is 2. The Morgan fingerprint density at radius 3 is 2.56 bits per heavy atom. The second-order valence-electron chi connectivity index (χ2n) is 8.14. The lowest BCUT2D eigenvalue weighted by atomic mass is 10.1. The van der Waals surface area contributed by atoms with Crippen molar-refractivity contribution in [3.05, 3.63) is 86.1 Å². The highest BCUT2D eigenvalue weighted by atomic mass is 35.5. The maximum Gasteiger partial charge on any atom is 0.255 e. The van der Waals surface area contributed by atoms with Crippen molar-refractivity contribution in [2.45, 2.75) is 19.5 Å². The first kappa shape index (κ1) is 22.7. The average molecular weight is 494 g/mol. The van der Waals surface area contributed by atoms with Crippen molar-refractivity contribution in [3.63, 3.8) is 0 Å². The number of aromatic amines is 1. The molecule has 0 bridgehead atoms. The Kier molecular flexibility index (Phi) is 6.41. The van der Waals surface area contributed by atoms with E-state index in [2.05, 4.69) is 22.0 Å². The van der Waals surface area contributed by atoms with Crippen LogP contribution in [0.2, 0.25) is 5.02 Å². The molecule has 0 saturated carbocycles. The summed E-state index contributed by atoms with van der Waals surface area (Å²) in [5, 5.41) is 0.655. The van der Waals surface area contributed by atoms with Crippen LogP contribution in [0.3, 0.4) is 0 Å². The third-order valence-electron chi connectivity index (χ3n) is 5.97. The predicted octanol–water partition coefficient (Wildman–Crippen LogP) is 5.39. The molecule has 2 aromatic carbocycles. The fourth-order valence-corrected chi connectivity index (χ4v) is 5.36. The molecule has 3 heterocycles. The van der Waals surface area contributed by atoms with Crippen molar-refractivity contribution in [2.24, 2.45) is 0 Å². The number of nitrogens with zero attached hydrogens (tertiary/aromatic N) is 2. The van der Waals surface area contributed by atoms with Crippen molar-refractivity contribution < 1.29 is 9.47 Å². The molecule has 1 aliphatic heterocycles. The Hall–Kier alpha value is -3.13. The van der Waals surface area contributed by atoms with Gasteiger partial charge in [0.1, 0.15) is 5.82 Å². The maximum atomic E-state index is 12.9. The van der Waals surface area contributed by atoms with Crippen molar-refractivity contribution in [1.29, 1.82) is 0 Å². The molecule has 4 aromatic rings. The molecule has 1 aliphatic rings. The van der Waals surface area contributed by atoms with Crippen LogP contribution in [-0.4, -0.2) is 35.6 Å². The Morgan fingerprint density at radius 1 is 1.03 bits per heavy atom. The Labute approximate surface area is 206 Å². The molecule has 8 heteroatoms. The first-order valence-corrected chi connectivity index (χ1v) is 12.1. The lowest BCUT2D eigenvalue weighted by Gasteiger charge is -2.27. The number of thiophene rings is 1. The van der Waals surface area contributed by atoms with Gasteiger partial charge in [0.25, 0.3) is 5.56 Å². The average Bonchev–Trinajstić information content (AvgIpc) is 3.32. The third kappa shape index (κ3) is 4.59. The van der Waals surface area contributed by atoms with Crippen molar-refractivity contribution >= 4 is 22.9 Å². The molecule has 0 atom stereocenters. The molecule has 0 radical (unpaired) electrons. The van der Waals surface area contributed by atoms with E-state index in [0.717, 1.165) is 41.9 Å². The van der Waals surface area contributed by atoms with Crippen LogP contribution in [0.25, 0.3) is 21.8 Å². The maximum absolute atomic E-state index is 12.9. The number of aromatic nitrogens is 2. The standard InChI is InChI=1S/C26H24ClN3O3S/c1-32-22-9-5-17(13-23(22)33-2)24-10-8-19(34-24)14-30-12-11-21-20(15-30)26(31)29-25(28-21)16-3-6-18(27)7-4-16/h3-10,13H,11-12,14-15H2,1-2H3,(H,28,29,31). The van der Waals surface area contributed by atoms with E-state index in [-0.39, 0.29) is 5.56 Å². The fraction of sp³-hybridized carbons (Fsp3) is 0.231. The smallest absolute Gasteiger partial charge is 0.255 e. The summed E-state index contributed by atoms with van der Waals surface area (Å²) < 4.78 is 10.8. The van der Waals surface area contributed by atoms with Crippen LogP contribution in [0, 0.1) is 0 Å². The van der Waals surface area contributed by atoms with Crippen LogP contribution in [0.1, 0.15) is 16.1 Å². The summed E-state index contributed by atoms with van der Waals surface area (Å²) in [5.41, 5.74) is 3.50. The van der Waals surface area contributed by atoms with Gasteiger partial charge in [-0.2, -0.15) is 0 Å². The molecular formula is C26H24ClN3O3S. The number of rotatable bonds is 6. The number of methoxy groups -OCH3 is 2. The van der Waals surface area contributed by atoms with Crippen LogP contribution < -0.4 is 15.0 Å². The van der Waals surface area contributed by atoms with Gasteiger partial charge in [-0.1, -0.05) is 11.6 Å². The minimum absolute atomic E-state index is 0.0724. The Bertz CT molecular complexity index is 1380. The van der Waals surface area contributed by atoms with E-state index in [1.165, 1.54) is 9.75 Å². The number of halogens is 1. The summed E-state index contributed by atoms with van der Waals surface area (Å²) in [7, 11) is 3.28. The van der Waals surface area contributed by atoms with Gasteiger partial charge in [0, 0.05) is 46.4 Å². The molecule has 0 spiro atoms. The largest absolute Gasteiger partial charge is 0.493 e. The van der Waals surface area contributed by atoms with Gasteiger partial charge in [0.2, 0.25) is 0 Å². The van der Waals surface area contributed by atoms with E-state index in [1.54, 1.807) is 37.7 Å². The van der Waals surface area contributed by atoms with Crippen molar-refractivity contribution in [1.82, 2.24) is 14.9 Å². The summed E-state index contributed by atoms with van der Waals surface area (Å²) in [4.78, 5) is 25.3. The lowest BCUT2D eigenvalue weighted by molar-refractivity contribution is 0.244. The zero-order chi connectivity index (χ0) is 23.7. The van der Waals surface area contributed by atoms with Crippen molar-refractivity contribution in [2.75, 3.05) is 20.8 Å². The third-order valence-corrected chi connectivity index (χ3v) is 7.35. The highest BCUT2D eigenvalue weighted by Crippen LogP contribution is 2.36. The Balaban J connectivity index is 1.32. The molecule has 0 amide bonds. The number of nitrogens with one attached hydrogen (secondary N) is 1. The molecule has 0 aliphatic carbocycles. The molecule has 0 unspecified atom stereocenters. The predicted molar refractivity (Wildman–Crippen MR) is 136 cm³/mol. The second-order valence-corrected chi connectivity index (χ2v) is 9.75. The van der Waals surface area contributed by atoms with E-state index in [1.807, 2.05) is 30.3 Å². The molecule has 1 N–H and O–H groups in total. The molecule has 174 valence electrons.